The Hall–Kier alpha value is -2.36. The molecule has 0 radical (unpaired) electrons. The summed E-state index contributed by atoms with van der Waals surface area (Å²) in [5.41, 5.74) is 1.53. The van der Waals surface area contributed by atoms with E-state index < -0.39 is 5.41 Å². The van der Waals surface area contributed by atoms with E-state index in [-0.39, 0.29) is 11.7 Å². The third-order valence-electron chi connectivity index (χ3n) is 4.76. The van der Waals surface area contributed by atoms with Gasteiger partial charge in [-0.05, 0) is 55.2 Å². The van der Waals surface area contributed by atoms with Crippen LogP contribution >= 0.6 is 0 Å². The number of hydrogen-bond acceptors (Lipinski definition) is 2. The Labute approximate surface area is 142 Å². The molecule has 0 aliphatic heterocycles. The van der Waals surface area contributed by atoms with Gasteiger partial charge in [-0.25, -0.2) is 4.39 Å². The number of ether oxygens (including phenoxy) is 1. The van der Waals surface area contributed by atoms with Gasteiger partial charge in [0.2, 0.25) is 5.91 Å². The predicted molar refractivity (Wildman–Crippen MR) is 91.4 cm³/mol. The molecule has 4 heteroatoms. The van der Waals surface area contributed by atoms with Crippen molar-refractivity contribution < 1.29 is 13.9 Å². The van der Waals surface area contributed by atoms with Crippen LogP contribution in [-0.2, 0) is 16.8 Å². The molecule has 126 valence electrons. The number of nitrogens with zero attached hydrogens (tertiary/aromatic N) is 1. The second-order valence-corrected chi connectivity index (χ2v) is 6.26. The van der Waals surface area contributed by atoms with E-state index in [0.29, 0.717) is 13.1 Å². The van der Waals surface area contributed by atoms with Gasteiger partial charge in [0.05, 0.1) is 12.5 Å². The first kappa shape index (κ1) is 16.5. The number of hydrogen-bond donors (Lipinski definition) is 0. The second-order valence-electron chi connectivity index (χ2n) is 6.26. The Morgan fingerprint density at radius 3 is 2.25 bits per heavy atom. The van der Waals surface area contributed by atoms with Crippen LogP contribution in [-0.4, -0.2) is 24.5 Å². The molecule has 0 N–H and O–H groups in total. The molecule has 3 nitrogen and oxygen atoms in total. The lowest BCUT2D eigenvalue weighted by molar-refractivity contribution is -0.134. The van der Waals surface area contributed by atoms with Gasteiger partial charge in [-0.3, -0.25) is 4.79 Å². The summed E-state index contributed by atoms with van der Waals surface area (Å²) in [5, 5.41) is 0. The van der Waals surface area contributed by atoms with E-state index in [4.69, 9.17) is 4.74 Å². The molecule has 3 rings (SSSR count). The van der Waals surface area contributed by atoms with Crippen molar-refractivity contribution >= 4 is 5.91 Å². The largest absolute Gasteiger partial charge is 0.497 e. The maximum atomic E-state index is 13.2. The molecule has 0 bridgehead atoms. The number of amides is 1. The van der Waals surface area contributed by atoms with Crippen LogP contribution < -0.4 is 4.74 Å². The van der Waals surface area contributed by atoms with Crippen LogP contribution in [0.5, 0.6) is 5.75 Å². The highest BCUT2D eigenvalue weighted by atomic mass is 19.1. The molecular formula is C20H22FNO2. The predicted octanol–water partition coefficient (Wildman–Crippen LogP) is 3.91. The van der Waals surface area contributed by atoms with E-state index in [1.165, 1.54) is 12.1 Å². The van der Waals surface area contributed by atoms with Crippen LogP contribution in [0, 0.1) is 5.82 Å². The van der Waals surface area contributed by atoms with E-state index in [0.717, 1.165) is 29.7 Å². The zero-order valence-electron chi connectivity index (χ0n) is 14.1. The van der Waals surface area contributed by atoms with Gasteiger partial charge in [0, 0.05) is 13.1 Å². The molecule has 0 aromatic heterocycles. The topological polar surface area (TPSA) is 29.5 Å². The zero-order chi connectivity index (χ0) is 17.2. The highest BCUT2D eigenvalue weighted by Crippen LogP contribution is 2.49. The maximum Gasteiger partial charge on any atom is 0.233 e. The standard InChI is InChI=1S/C20H22FNO2/c1-3-22(14-15-4-10-18(24-2)11-5-15)19(23)20(12-13-20)16-6-8-17(21)9-7-16/h4-11H,3,12-14H2,1-2H3. The second kappa shape index (κ2) is 6.63. The average Bonchev–Trinajstić information content (AvgIpc) is 3.42. The van der Waals surface area contributed by atoms with Crippen LogP contribution in [0.3, 0.4) is 0 Å². The fourth-order valence-corrected chi connectivity index (χ4v) is 3.10. The zero-order valence-corrected chi connectivity index (χ0v) is 14.1. The number of carbonyl (C=O) groups excluding carboxylic acids is 1. The molecule has 1 aliphatic rings. The van der Waals surface area contributed by atoms with E-state index in [1.54, 1.807) is 19.2 Å². The summed E-state index contributed by atoms with van der Waals surface area (Å²) in [6, 6.07) is 14.1. The molecule has 0 unspecified atom stereocenters. The van der Waals surface area contributed by atoms with Crippen LogP contribution in [0.15, 0.2) is 48.5 Å². The Balaban J connectivity index is 1.77. The van der Waals surface area contributed by atoms with Crippen molar-refractivity contribution in [2.45, 2.75) is 31.7 Å². The molecule has 1 aliphatic carbocycles. The molecule has 1 amide bonds. The number of carbonyl (C=O) groups is 1. The Bertz CT molecular complexity index is 705. The lowest BCUT2D eigenvalue weighted by Crippen LogP contribution is -2.38. The van der Waals surface area contributed by atoms with E-state index in [2.05, 4.69) is 0 Å². The summed E-state index contributed by atoms with van der Waals surface area (Å²) in [7, 11) is 1.64. The minimum absolute atomic E-state index is 0.132. The minimum atomic E-state index is -0.462. The van der Waals surface area contributed by atoms with E-state index >= 15 is 0 Å². The molecule has 2 aromatic rings. The van der Waals surface area contributed by atoms with Gasteiger partial charge in [-0.1, -0.05) is 24.3 Å². The Kier molecular flexibility index (Phi) is 4.56. The number of halogens is 1. The van der Waals surface area contributed by atoms with Gasteiger partial charge < -0.3 is 9.64 Å². The van der Waals surface area contributed by atoms with Gasteiger partial charge in [-0.2, -0.15) is 0 Å². The normalized spacial score (nSPS) is 15.0. The van der Waals surface area contributed by atoms with Gasteiger partial charge in [0.15, 0.2) is 0 Å². The van der Waals surface area contributed by atoms with Crippen LogP contribution in [0.2, 0.25) is 0 Å². The lowest BCUT2D eigenvalue weighted by atomic mass is 9.94. The first-order valence-electron chi connectivity index (χ1n) is 8.27. The molecule has 2 aromatic carbocycles. The summed E-state index contributed by atoms with van der Waals surface area (Å²) in [5.74, 6) is 0.665. The van der Waals surface area contributed by atoms with Crippen molar-refractivity contribution in [1.82, 2.24) is 4.90 Å². The smallest absolute Gasteiger partial charge is 0.233 e. The average molecular weight is 327 g/mol. The minimum Gasteiger partial charge on any atom is -0.497 e. The fraction of sp³-hybridized carbons (Fsp3) is 0.350. The molecule has 0 heterocycles. The summed E-state index contributed by atoms with van der Waals surface area (Å²) < 4.78 is 18.3. The van der Waals surface area contributed by atoms with Gasteiger partial charge in [0.25, 0.3) is 0 Å². The third-order valence-corrected chi connectivity index (χ3v) is 4.76. The SMILES string of the molecule is CCN(Cc1ccc(OC)cc1)C(=O)C1(c2ccc(F)cc2)CC1. The molecule has 1 fully saturated rings. The Morgan fingerprint density at radius 1 is 1.12 bits per heavy atom. The highest BCUT2D eigenvalue weighted by molar-refractivity contribution is 5.91. The summed E-state index contributed by atoms with van der Waals surface area (Å²) in [4.78, 5) is 15.0. The highest BCUT2D eigenvalue weighted by Gasteiger charge is 2.52. The molecule has 0 atom stereocenters. The number of methoxy groups -OCH3 is 1. The lowest BCUT2D eigenvalue weighted by Gasteiger charge is -2.27. The van der Waals surface area contributed by atoms with Crippen molar-refractivity contribution in [2.75, 3.05) is 13.7 Å². The molecular weight excluding hydrogens is 305 g/mol. The van der Waals surface area contributed by atoms with Crippen LogP contribution in [0.25, 0.3) is 0 Å². The summed E-state index contributed by atoms with van der Waals surface area (Å²) >= 11 is 0. The van der Waals surface area contributed by atoms with Gasteiger partial charge in [0.1, 0.15) is 11.6 Å². The van der Waals surface area contributed by atoms with Crippen molar-refractivity contribution in [2.24, 2.45) is 0 Å². The first-order chi connectivity index (χ1) is 11.6. The first-order valence-corrected chi connectivity index (χ1v) is 8.27. The molecule has 24 heavy (non-hydrogen) atoms. The van der Waals surface area contributed by atoms with Crippen molar-refractivity contribution in [1.29, 1.82) is 0 Å². The van der Waals surface area contributed by atoms with Crippen LogP contribution in [0.4, 0.5) is 4.39 Å². The monoisotopic (exact) mass is 327 g/mol. The quantitative estimate of drug-likeness (QED) is 0.805. The van der Waals surface area contributed by atoms with Crippen LogP contribution in [0.1, 0.15) is 30.9 Å². The van der Waals surface area contributed by atoms with Gasteiger partial charge >= 0.3 is 0 Å². The summed E-state index contributed by atoms with van der Waals surface area (Å²) in [6.07, 6.45) is 1.66. The van der Waals surface area contributed by atoms with Crippen molar-refractivity contribution in [3.8, 4) is 5.75 Å². The van der Waals surface area contributed by atoms with E-state index in [1.807, 2.05) is 36.1 Å². The summed E-state index contributed by atoms with van der Waals surface area (Å²) in [6.45, 7) is 3.21. The number of likely N-dealkylation sites (N-methyl/N-ethyl adjacent to an activating group) is 1. The Morgan fingerprint density at radius 2 is 1.75 bits per heavy atom. The number of benzene rings is 2. The molecule has 0 spiro atoms. The number of rotatable bonds is 6. The third kappa shape index (κ3) is 3.14. The van der Waals surface area contributed by atoms with Gasteiger partial charge in [-0.15, -0.1) is 0 Å². The maximum absolute atomic E-state index is 13.2. The molecule has 1 saturated carbocycles. The fourth-order valence-electron chi connectivity index (χ4n) is 3.10. The van der Waals surface area contributed by atoms with Crippen molar-refractivity contribution in [3.05, 3.63) is 65.5 Å². The molecule has 0 saturated heterocycles. The van der Waals surface area contributed by atoms with E-state index in [9.17, 15) is 9.18 Å². The van der Waals surface area contributed by atoms with Crippen molar-refractivity contribution in [3.63, 3.8) is 0 Å².